The van der Waals surface area contributed by atoms with Crippen LogP contribution in [0, 0.1) is 6.92 Å². The molecule has 0 spiro atoms. The van der Waals surface area contributed by atoms with Crippen molar-refractivity contribution in [1.82, 2.24) is 9.55 Å². The lowest BCUT2D eigenvalue weighted by Crippen LogP contribution is -2.18. The Kier molecular flexibility index (Phi) is 2.35. The molecule has 110 valence electrons. The third-order valence-corrected chi connectivity index (χ3v) is 4.81. The first kappa shape index (κ1) is 12.6. The number of benzene rings is 2. The first-order valence-corrected chi connectivity index (χ1v) is 7.75. The van der Waals surface area contributed by atoms with Crippen LogP contribution in [-0.2, 0) is 6.54 Å². The van der Waals surface area contributed by atoms with Crippen LogP contribution in [-0.4, -0.2) is 9.55 Å². The third kappa shape index (κ3) is 1.59. The van der Waals surface area contributed by atoms with E-state index in [1.54, 1.807) is 0 Å². The average molecular weight is 298 g/mol. The van der Waals surface area contributed by atoms with E-state index in [1.807, 2.05) is 47.0 Å². The Labute approximate surface area is 132 Å². The van der Waals surface area contributed by atoms with Gasteiger partial charge in [-0.3, -0.25) is 9.78 Å². The molecule has 0 bridgehead atoms. The summed E-state index contributed by atoms with van der Waals surface area (Å²) in [7, 11) is 0. The quantitative estimate of drug-likeness (QED) is 0.435. The molecule has 5 rings (SSSR count). The zero-order valence-electron chi connectivity index (χ0n) is 12.7. The van der Waals surface area contributed by atoms with Gasteiger partial charge in [-0.25, -0.2) is 0 Å². The number of hydrogen-bond donors (Lipinski definition) is 0. The predicted molar refractivity (Wildman–Crippen MR) is 92.8 cm³/mol. The van der Waals surface area contributed by atoms with E-state index in [0.717, 1.165) is 38.6 Å². The zero-order chi connectivity index (χ0) is 15.6. The molecule has 0 atom stereocenters. The molecule has 2 aromatic heterocycles. The summed E-state index contributed by atoms with van der Waals surface area (Å²) in [6.45, 7) is 2.68. The van der Waals surface area contributed by atoms with Gasteiger partial charge in [0.15, 0.2) is 0 Å². The Balaban J connectivity index is 1.94. The van der Waals surface area contributed by atoms with Crippen LogP contribution in [0.2, 0.25) is 0 Å². The Morgan fingerprint density at radius 1 is 1.00 bits per heavy atom. The van der Waals surface area contributed by atoms with Gasteiger partial charge in [0.05, 0.1) is 23.4 Å². The molecule has 1 aliphatic heterocycles. The number of pyridine rings is 2. The Hall–Kier alpha value is -2.94. The van der Waals surface area contributed by atoms with E-state index < -0.39 is 0 Å². The predicted octanol–water partition coefficient (Wildman–Crippen LogP) is 3.89. The van der Waals surface area contributed by atoms with Gasteiger partial charge in [-0.1, -0.05) is 36.4 Å². The maximum atomic E-state index is 12.8. The van der Waals surface area contributed by atoms with Gasteiger partial charge in [0.25, 0.3) is 5.56 Å². The van der Waals surface area contributed by atoms with Crippen molar-refractivity contribution in [3.05, 3.63) is 76.2 Å². The largest absolute Gasteiger partial charge is 0.302 e. The highest BCUT2D eigenvalue weighted by Gasteiger charge is 2.25. The highest BCUT2D eigenvalue weighted by atomic mass is 16.1. The van der Waals surface area contributed by atoms with Crippen LogP contribution in [0.15, 0.2) is 59.4 Å². The van der Waals surface area contributed by atoms with E-state index in [-0.39, 0.29) is 5.56 Å². The minimum atomic E-state index is 0.0690. The van der Waals surface area contributed by atoms with Crippen molar-refractivity contribution in [2.45, 2.75) is 13.5 Å². The number of fused-ring (bicyclic) bond motifs is 5. The maximum Gasteiger partial charge on any atom is 0.259 e. The number of rotatable bonds is 0. The van der Waals surface area contributed by atoms with Crippen molar-refractivity contribution in [1.29, 1.82) is 0 Å². The van der Waals surface area contributed by atoms with Crippen LogP contribution in [0.1, 0.15) is 11.3 Å². The van der Waals surface area contributed by atoms with Crippen LogP contribution in [0.4, 0.5) is 0 Å². The third-order valence-electron chi connectivity index (χ3n) is 4.81. The first-order valence-electron chi connectivity index (χ1n) is 7.75. The van der Waals surface area contributed by atoms with Gasteiger partial charge in [0, 0.05) is 16.3 Å². The molecule has 0 aliphatic carbocycles. The molecule has 1 aliphatic rings. The fourth-order valence-corrected chi connectivity index (χ4v) is 3.71. The summed E-state index contributed by atoms with van der Waals surface area (Å²) < 4.78 is 1.85. The second-order valence-corrected chi connectivity index (χ2v) is 6.08. The number of aryl methyl sites for hydroxylation is 1. The molecule has 3 heteroatoms. The van der Waals surface area contributed by atoms with Crippen LogP contribution >= 0.6 is 0 Å². The van der Waals surface area contributed by atoms with Crippen molar-refractivity contribution in [3.63, 3.8) is 0 Å². The van der Waals surface area contributed by atoms with Gasteiger partial charge in [0.2, 0.25) is 0 Å². The summed E-state index contributed by atoms with van der Waals surface area (Å²) in [5.74, 6) is 0. The monoisotopic (exact) mass is 298 g/mol. The standard InChI is InChI=1S/C20H14N2O/c1-12-14-7-4-5-9-16(14)21-17-11-22-18(19(12)17)10-13-6-2-3-8-15(13)20(22)23/h2-10H,11H2,1H3. The lowest BCUT2D eigenvalue weighted by atomic mass is 10.00. The van der Waals surface area contributed by atoms with E-state index in [2.05, 4.69) is 19.1 Å². The molecule has 0 radical (unpaired) electrons. The molecular weight excluding hydrogens is 284 g/mol. The molecule has 4 aromatic rings. The molecule has 0 unspecified atom stereocenters. The molecule has 0 saturated heterocycles. The second-order valence-electron chi connectivity index (χ2n) is 6.08. The number of para-hydroxylation sites is 1. The summed E-state index contributed by atoms with van der Waals surface area (Å²) in [5, 5.41) is 2.91. The van der Waals surface area contributed by atoms with Gasteiger partial charge in [-0.2, -0.15) is 0 Å². The second kappa shape index (κ2) is 4.29. The summed E-state index contributed by atoms with van der Waals surface area (Å²) in [6.07, 6.45) is 0. The Morgan fingerprint density at radius 2 is 1.74 bits per heavy atom. The molecule has 2 aromatic carbocycles. The van der Waals surface area contributed by atoms with Crippen LogP contribution in [0.3, 0.4) is 0 Å². The Bertz CT molecular complexity index is 1170. The topological polar surface area (TPSA) is 34.9 Å². The van der Waals surface area contributed by atoms with Gasteiger partial charge < -0.3 is 4.57 Å². The van der Waals surface area contributed by atoms with Gasteiger partial charge in [0.1, 0.15) is 0 Å². The highest BCUT2D eigenvalue weighted by molar-refractivity contribution is 5.93. The molecule has 0 amide bonds. The number of aromatic nitrogens is 2. The van der Waals surface area contributed by atoms with E-state index in [1.165, 1.54) is 5.56 Å². The van der Waals surface area contributed by atoms with Crippen LogP contribution in [0.25, 0.3) is 32.9 Å². The van der Waals surface area contributed by atoms with Gasteiger partial charge >= 0.3 is 0 Å². The van der Waals surface area contributed by atoms with Crippen molar-refractivity contribution >= 4 is 21.7 Å². The molecule has 23 heavy (non-hydrogen) atoms. The van der Waals surface area contributed by atoms with Gasteiger partial charge in [-0.15, -0.1) is 0 Å². The fourth-order valence-electron chi connectivity index (χ4n) is 3.71. The SMILES string of the molecule is Cc1c2c(nc3ccccc13)Cn1c-2cc2ccccc2c1=O. The van der Waals surface area contributed by atoms with Crippen LogP contribution in [0.5, 0.6) is 0 Å². The molecule has 0 fully saturated rings. The maximum absolute atomic E-state index is 12.8. The minimum absolute atomic E-state index is 0.0690. The van der Waals surface area contributed by atoms with Crippen molar-refractivity contribution < 1.29 is 0 Å². The summed E-state index contributed by atoms with van der Waals surface area (Å²) in [4.78, 5) is 17.6. The van der Waals surface area contributed by atoms with Crippen molar-refractivity contribution in [2.75, 3.05) is 0 Å². The normalized spacial score (nSPS) is 12.6. The van der Waals surface area contributed by atoms with E-state index >= 15 is 0 Å². The lowest BCUT2D eigenvalue weighted by molar-refractivity contribution is 0.797. The molecule has 3 heterocycles. The zero-order valence-corrected chi connectivity index (χ0v) is 12.7. The average Bonchev–Trinajstić information content (AvgIpc) is 2.94. The van der Waals surface area contributed by atoms with Crippen molar-refractivity contribution in [3.8, 4) is 11.3 Å². The molecule has 0 saturated carbocycles. The number of nitrogens with zero attached hydrogens (tertiary/aromatic N) is 2. The fraction of sp³-hybridized carbons (Fsp3) is 0.100. The summed E-state index contributed by atoms with van der Waals surface area (Å²) >= 11 is 0. The molecule has 3 nitrogen and oxygen atoms in total. The van der Waals surface area contributed by atoms with E-state index in [9.17, 15) is 4.79 Å². The minimum Gasteiger partial charge on any atom is -0.302 e. The smallest absolute Gasteiger partial charge is 0.259 e. The summed E-state index contributed by atoms with van der Waals surface area (Å²) in [5.41, 5.74) is 5.36. The van der Waals surface area contributed by atoms with Crippen molar-refractivity contribution in [2.24, 2.45) is 0 Å². The summed E-state index contributed by atoms with van der Waals surface area (Å²) in [6, 6.07) is 18.1. The lowest BCUT2D eigenvalue weighted by Gasteiger charge is -2.09. The van der Waals surface area contributed by atoms with E-state index in [4.69, 9.17) is 4.98 Å². The van der Waals surface area contributed by atoms with E-state index in [0.29, 0.717) is 6.54 Å². The highest BCUT2D eigenvalue weighted by Crippen LogP contribution is 2.36. The molecule has 0 N–H and O–H groups in total. The van der Waals surface area contributed by atoms with Gasteiger partial charge in [-0.05, 0) is 36.1 Å². The first-order chi connectivity index (χ1) is 11.2. The Morgan fingerprint density at radius 3 is 2.61 bits per heavy atom. The van der Waals surface area contributed by atoms with Crippen LogP contribution < -0.4 is 5.56 Å². The number of hydrogen-bond acceptors (Lipinski definition) is 2. The molecular formula is C20H14N2O.